The number of rotatable bonds is 5. The largest absolute Gasteiger partial charge is 0.507 e. The Balaban J connectivity index is 2.02. The molecule has 1 aliphatic rings. The standard InChI is InChI=1S/C26H22FNO5/c1-15-8-11-17(12-9-15)28-23(18-6-4-5-7-20(18)32-2)22(25(30)26(28)31)24(29)19-14-16(27)10-13-21(19)33-3/h4-14,23,29H,1-3H3/b24-22+. The smallest absolute Gasteiger partial charge is 0.300 e. The van der Waals surface area contributed by atoms with Crippen LogP contribution in [0.3, 0.4) is 0 Å². The number of aryl methyl sites for hydroxylation is 1. The fourth-order valence-electron chi connectivity index (χ4n) is 4.00. The second-order valence-electron chi connectivity index (χ2n) is 7.59. The predicted molar refractivity (Wildman–Crippen MR) is 122 cm³/mol. The summed E-state index contributed by atoms with van der Waals surface area (Å²) in [4.78, 5) is 27.8. The van der Waals surface area contributed by atoms with Crippen LogP contribution in [0.5, 0.6) is 11.5 Å². The third-order valence-electron chi connectivity index (χ3n) is 5.61. The van der Waals surface area contributed by atoms with Gasteiger partial charge >= 0.3 is 0 Å². The van der Waals surface area contributed by atoms with Crippen LogP contribution in [0.1, 0.15) is 22.7 Å². The van der Waals surface area contributed by atoms with Gasteiger partial charge in [-0.2, -0.15) is 0 Å². The lowest BCUT2D eigenvalue weighted by molar-refractivity contribution is -0.132. The Morgan fingerprint density at radius 2 is 1.61 bits per heavy atom. The van der Waals surface area contributed by atoms with Crippen LogP contribution >= 0.6 is 0 Å². The minimum Gasteiger partial charge on any atom is -0.507 e. The Morgan fingerprint density at radius 3 is 2.27 bits per heavy atom. The Bertz CT molecular complexity index is 1270. The van der Waals surface area contributed by atoms with Crippen molar-refractivity contribution in [3.05, 3.63) is 94.8 Å². The highest BCUT2D eigenvalue weighted by Crippen LogP contribution is 2.45. The molecule has 0 bridgehead atoms. The van der Waals surface area contributed by atoms with E-state index in [4.69, 9.17) is 9.47 Å². The van der Waals surface area contributed by atoms with E-state index in [-0.39, 0.29) is 16.9 Å². The molecular weight excluding hydrogens is 425 g/mol. The van der Waals surface area contributed by atoms with Crippen molar-refractivity contribution in [2.24, 2.45) is 0 Å². The zero-order valence-corrected chi connectivity index (χ0v) is 18.3. The molecule has 7 heteroatoms. The number of benzene rings is 3. The molecule has 0 aliphatic carbocycles. The van der Waals surface area contributed by atoms with E-state index >= 15 is 0 Å². The van der Waals surface area contributed by atoms with Crippen molar-refractivity contribution >= 4 is 23.1 Å². The molecule has 1 aliphatic heterocycles. The lowest BCUT2D eigenvalue weighted by atomic mass is 9.94. The van der Waals surface area contributed by atoms with Gasteiger partial charge in [-0.25, -0.2) is 4.39 Å². The number of Topliss-reactive ketones (excluding diaryl/α,β-unsaturated/α-hetero) is 1. The van der Waals surface area contributed by atoms with Crippen LogP contribution in [-0.2, 0) is 9.59 Å². The lowest BCUT2D eigenvalue weighted by Gasteiger charge is -2.26. The first kappa shape index (κ1) is 22.1. The molecule has 0 spiro atoms. The van der Waals surface area contributed by atoms with Crippen molar-refractivity contribution in [3.63, 3.8) is 0 Å². The van der Waals surface area contributed by atoms with E-state index in [2.05, 4.69) is 0 Å². The summed E-state index contributed by atoms with van der Waals surface area (Å²) in [7, 11) is 2.85. The minimum atomic E-state index is -1.00. The summed E-state index contributed by atoms with van der Waals surface area (Å²) in [6.45, 7) is 1.91. The van der Waals surface area contributed by atoms with Gasteiger partial charge in [0.05, 0.1) is 31.4 Å². The number of hydrogen-bond donors (Lipinski definition) is 1. The monoisotopic (exact) mass is 447 g/mol. The maximum atomic E-state index is 14.1. The molecule has 3 aromatic rings. The number of para-hydroxylation sites is 1. The molecule has 1 N–H and O–H groups in total. The Hall–Kier alpha value is -4.13. The second kappa shape index (κ2) is 8.78. The minimum absolute atomic E-state index is 0.0284. The maximum Gasteiger partial charge on any atom is 0.300 e. The van der Waals surface area contributed by atoms with Crippen LogP contribution in [-0.4, -0.2) is 31.0 Å². The van der Waals surface area contributed by atoms with Crippen LogP contribution in [0.15, 0.2) is 72.3 Å². The average Bonchev–Trinajstić information content (AvgIpc) is 3.09. The maximum absolute atomic E-state index is 14.1. The van der Waals surface area contributed by atoms with Gasteiger partial charge in [-0.1, -0.05) is 35.9 Å². The summed E-state index contributed by atoms with van der Waals surface area (Å²) in [5, 5.41) is 11.2. The second-order valence-corrected chi connectivity index (χ2v) is 7.59. The highest BCUT2D eigenvalue weighted by Gasteiger charge is 2.48. The number of hydrogen-bond acceptors (Lipinski definition) is 5. The van der Waals surface area contributed by atoms with Gasteiger partial charge in [0.2, 0.25) is 0 Å². The molecule has 0 saturated carbocycles. The van der Waals surface area contributed by atoms with Gasteiger partial charge in [0.25, 0.3) is 11.7 Å². The SMILES string of the molecule is COc1ccc(F)cc1/C(O)=C1\C(=O)C(=O)N(c2ccc(C)cc2)C1c1ccccc1OC. The number of anilines is 1. The number of aliphatic hydroxyl groups is 1. The summed E-state index contributed by atoms with van der Waals surface area (Å²) in [5.41, 5.74) is 1.74. The van der Waals surface area contributed by atoms with E-state index in [1.54, 1.807) is 36.4 Å². The zero-order valence-electron chi connectivity index (χ0n) is 18.3. The van der Waals surface area contributed by atoms with E-state index < -0.39 is 29.3 Å². The molecule has 1 unspecified atom stereocenters. The van der Waals surface area contributed by atoms with Gasteiger partial charge in [-0.15, -0.1) is 0 Å². The fraction of sp³-hybridized carbons (Fsp3) is 0.154. The molecule has 3 aromatic carbocycles. The van der Waals surface area contributed by atoms with Gasteiger partial charge in [0.15, 0.2) is 0 Å². The molecule has 1 atom stereocenters. The van der Waals surface area contributed by atoms with Crippen molar-refractivity contribution in [1.29, 1.82) is 0 Å². The van der Waals surface area contributed by atoms with E-state index in [1.807, 2.05) is 19.1 Å². The van der Waals surface area contributed by atoms with E-state index in [9.17, 15) is 19.1 Å². The first-order valence-corrected chi connectivity index (χ1v) is 10.2. The summed E-state index contributed by atoms with van der Waals surface area (Å²) in [6, 6.07) is 16.6. The number of carbonyl (C=O) groups excluding carboxylic acids is 2. The van der Waals surface area contributed by atoms with Gasteiger partial charge in [0.1, 0.15) is 23.1 Å². The number of nitrogens with zero attached hydrogens (tertiary/aromatic N) is 1. The number of ketones is 1. The predicted octanol–water partition coefficient (Wildman–Crippen LogP) is 4.78. The summed E-state index contributed by atoms with van der Waals surface area (Å²) in [5.74, 6) is -2.27. The van der Waals surface area contributed by atoms with Crippen LogP contribution in [0.25, 0.3) is 5.76 Å². The number of ether oxygens (including phenoxy) is 2. The van der Waals surface area contributed by atoms with Crippen molar-refractivity contribution < 1.29 is 28.6 Å². The van der Waals surface area contributed by atoms with Crippen LogP contribution in [0, 0.1) is 12.7 Å². The average molecular weight is 447 g/mol. The molecule has 33 heavy (non-hydrogen) atoms. The number of halogens is 1. The topological polar surface area (TPSA) is 76.1 Å². The quantitative estimate of drug-likeness (QED) is 0.346. The first-order valence-electron chi connectivity index (χ1n) is 10.2. The van der Waals surface area contributed by atoms with Crippen LogP contribution in [0.2, 0.25) is 0 Å². The van der Waals surface area contributed by atoms with Gasteiger partial charge in [0, 0.05) is 11.3 Å². The number of amides is 1. The molecule has 0 radical (unpaired) electrons. The normalized spacial score (nSPS) is 17.3. The van der Waals surface area contributed by atoms with E-state index in [0.29, 0.717) is 17.0 Å². The molecule has 4 rings (SSSR count). The van der Waals surface area contributed by atoms with Crippen molar-refractivity contribution in [2.75, 3.05) is 19.1 Å². The number of aliphatic hydroxyl groups excluding tert-OH is 1. The van der Waals surface area contributed by atoms with Crippen LogP contribution in [0.4, 0.5) is 10.1 Å². The third-order valence-corrected chi connectivity index (χ3v) is 5.61. The van der Waals surface area contributed by atoms with Crippen molar-refractivity contribution in [1.82, 2.24) is 0 Å². The van der Waals surface area contributed by atoms with E-state index in [1.165, 1.54) is 31.3 Å². The first-order chi connectivity index (χ1) is 15.9. The molecule has 1 amide bonds. The number of carbonyl (C=O) groups is 2. The summed E-state index contributed by atoms with van der Waals surface area (Å²) < 4.78 is 24.8. The highest BCUT2D eigenvalue weighted by molar-refractivity contribution is 6.51. The Morgan fingerprint density at radius 1 is 0.939 bits per heavy atom. The molecule has 6 nitrogen and oxygen atoms in total. The highest BCUT2D eigenvalue weighted by atomic mass is 19.1. The molecular formula is C26H22FNO5. The molecule has 1 heterocycles. The Labute approximate surface area is 190 Å². The fourth-order valence-corrected chi connectivity index (χ4v) is 4.00. The van der Waals surface area contributed by atoms with Gasteiger partial charge < -0.3 is 14.6 Å². The summed E-state index contributed by atoms with van der Waals surface area (Å²) in [6.07, 6.45) is 0. The van der Waals surface area contributed by atoms with E-state index in [0.717, 1.165) is 11.6 Å². The van der Waals surface area contributed by atoms with Crippen LogP contribution < -0.4 is 14.4 Å². The summed E-state index contributed by atoms with van der Waals surface area (Å²) >= 11 is 0. The van der Waals surface area contributed by atoms with Crippen molar-refractivity contribution in [2.45, 2.75) is 13.0 Å². The Kier molecular flexibility index (Phi) is 5.87. The van der Waals surface area contributed by atoms with Gasteiger partial charge in [-0.05, 0) is 43.3 Å². The molecule has 1 fully saturated rings. The third kappa shape index (κ3) is 3.82. The molecule has 1 saturated heterocycles. The van der Waals surface area contributed by atoms with Gasteiger partial charge in [-0.3, -0.25) is 14.5 Å². The molecule has 168 valence electrons. The molecule has 0 aromatic heterocycles. The number of methoxy groups -OCH3 is 2. The lowest BCUT2D eigenvalue weighted by Crippen LogP contribution is -2.29. The van der Waals surface area contributed by atoms with Crippen molar-refractivity contribution in [3.8, 4) is 11.5 Å². The zero-order chi connectivity index (χ0) is 23.7.